The molecule has 6 heteroatoms. The Bertz CT molecular complexity index is 815. The zero-order chi connectivity index (χ0) is 17.4. The van der Waals surface area contributed by atoms with Crippen LogP contribution in [0.25, 0.3) is 0 Å². The number of halogens is 2. The van der Waals surface area contributed by atoms with E-state index in [2.05, 4.69) is 0 Å². The molecule has 4 nitrogen and oxygen atoms in total. The molecule has 1 unspecified atom stereocenters. The summed E-state index contributed by atoms with van der Waals surface area (Å²) in [5.41, 5.74) is 2.39. The second kappa shape index (κ2) is 6.46. The zero-order valence-electron chi connectivity index (χ0n) is 12.9. The molecule has 1 N–H and O–H groups in total. The Kier molecular flexibility index (Phi) is 4.52. The molecule has 1 aliphatic rings. The third-order valence-corrected chi connectivity index (χ3v) is 5.11. The van der Waals surface area contributed by atoms with Gasteiger partial charge in [-0.05, 0) is 41.8 Å². The van der Waals surface area contributed by atoms with E-state index in [-0.39, 0.29) is 30.5 Å². The lowest BCUT2D eigenvalue weighted by Crippen LogP contribution is -2.29. The summed E-state index contributed by atoms with van der Waals surface area (Å²) in [6.45, 7) is 2.17. The van der Waals surface area contributed by atoms with Crippen LogP contribution in [-0.4, -0.2) is 21.9 Å². The normalized spacial score (nSPS) is 16.1. The molecule has 1 heterocycles. The number of carboxylic acids is 1. The Balaban J connectivity index is 1.88. The lowest BCUT2D eigenvalue weighted by molar-refractivity contribution is -0.132. The fraction of sp³-hybridized carbons (Fsp3) is 0.222. The first-order chi connectivity index (χ1) is 11.4. The molecule has 0 spiro atoms. The molecule has 3 rings (SSSR count). The molecule has 0 bridgehead atoms. The number of aromatic carboxylic acids is 1. The highest BCUT2D eigenvalue weighted by molar-refractivity contribution is 6.36. The molecule has 0 aliphatic carbocycles. The van der Waals surface area contributed by atoms with E-state index < -0.39 is 5.97 Å². The van der Waals surface area contributed by atoms with Gasteiger partial charge in [-0.15, -0.1) is 0 Å². The van der Waals surface area contributed by atoms with Crippen LogP contribution in [0.2, 0.25) is 10.0 Å². The summed E-state index contributed by atoms with van der Waals surface area (Å²) in [5, 5.41) is 10.2. The van der Waals surface area contributed by atoms with E-state index in [4.69, 9.17) is 23.2 Å². The standard InChI is InChI=1S/C18H15Cl2NO3/c1-10-11-4-2-5-12(18(23)24)14(11)9-21(10)17(22)8-13-15(19)6-3-7-16(13)20/h2-7,10H,8-9H2,1H3,(H,23,24). The van der Waals surface area contributed by atoms with Crippen molar-refractivity contribution in [2.75, 3.05) is 0 Å². The van der Waals surface area contributed by atoms with Crippen LogP contribution in [0.15, 0.2) is 36.4 Å². The van der Waals surface area contributed by atoms with Gasteiger partial charge in [0, 0.05) is 16.6 Å². The van der Waals surface area contributed by atoms with Crippen LogP contribution in [0, 0.1) is 0 Å². The Morgan fingerprint density at radius 2 is 1.79 bits per heavy atom. The fourth-order valence-electron chi connectivity index (χ4n) is 3.11. The second-order valence-electron chi connectivity index (χ2n) is 5.75. The topological polar surface area (TPSA) is 57.6 Å². The van der Waals surface area contributed by atoms with Crippen LogP contribution >= 0.6 is 23.2 Å². The summed E-state index contributed by atoms with van der Waals surface area (Å²) in [7, 11) is 0. The molecule has 0 aromatic heterocycles. The van der Waals surface area contributed by atoms with Gasteiger partial charge in [-0.1, -0.05) is 41.4 Å². The number of fused-ring (bicyclic) bond motifs is 1. The molecular formula is C18H15Cl2NO3. The quantitative estimate of drug-likeness (QED) is 0.882. The summed E-state index contributed by atoms with van der Waals surface area (Å²) in [6.07, 6.45) is 0.0826. The first-order valence-corrected chi connectivity index (χ1v) is 8.23. The summed E-state index contributed by atoms with van der Waals surface area (Å²) in [4.78, 5) is 25.8. The first kappa shape index (κ1) is 16.8. The van der Waals surface area contributed by atoms with Gasteiger partial charge in [0.2, 0.25) is 5.91 Å². The van der Waals surface area contributed by atoms with Gasteiger partial charge in [0.15, 0.2) is 0 Å². The van der Waals surface area contributed by atoms with Crippen LogP contribution in [0.1, 0.15) is 40.0 Å². The molecule has 0 fully saturated rings. The highest BCUT2D eigenvalue weighted by atomic mass is 35.5. The smallest absolute Gasteiger partial charge is 0.336 e. The second-order valence-corrected chi connectivity index (χ2v) is 6.57. The van der Waals surface area contributed by atoms with Gasteiger partial charge in [0.25, 0.3) is 0 Å². The van der Waals surface area contributed by atoms with E-state index in [1.807, 2.05) is 13.0 Å². The monoisotopic (exact) mass is 363 g/mol. The van der Waals surface area contributed by atoms with Gasteiger partial charge < -0.3 is 10.0 Å². The zero-order valence-corrected chi connectivity index (χ0v) is 14.4. The van der Waals surface area contributed by atoms with Crippen molar-refractivity contribution in [1.29, 1.82) is 0 Å². The van der Waals surface area contributed by atoms with E-state index in [9.17, 15) is 14.7 Å². The number of amides is 1. The average molecular weight is 364 g/mol. The minimum absolute atomic E-state index is 0.0826. The maximum atomic E-state index is 12.7. The average Bonchev–Trinajstić information content (AvgIpc) is 2.88. The van der Waals surface area contributed by atoms with Gasteiger partial charge in [0.05, 0.1) is 18.0 Å². The van der Waals surface area contributed by atoms with Gasteiger partial charge in [-0.2, -0.15) is 0 Å². The number of carbonyl (C=O) groups is 2. The predicted molar refractivity (Wildman–Crippen MR) is 92.5 cm³/mol. The molecule has 2 aromatic rings. The van der Waals surface area contributed by atoms with Crippen LogP contribution in [0.4, 0.5) is 0 Å². The maximum absolute atomic E-state index is 12.7. The molecule has 1 amide bonds. The van der Waals surface area contributed by atoms with E-state index in [1.165, 1.54) is 0 Å². The number of benzene rings is 2. The van der Waals surface area contributed by atoms with Gasteiger partial charge in [-0.3, -0.25) is 4.79 Å². The summed E-state index contributed by atoms with van der Waals surface area (Å²) >= 11 is 12.3. The molecule has 2 aromatic carbocycles. The van der Waals surface area contributed by atoms with Crippen LogP contribution in [-0.2, 0) is 17.8 Å². The van der Waals surface area contributed by atoms with Crippen LogP contribution < -0.4 is 0 Å². The van der Waals surface area contributed by atoms with Crippen molar-refractivity contribution in [3.8, 4) is 0 Å². The minimum Gasteiger partial charge on any atom is -0.478 e. The van der Waals surface area contributed by atoms with Crippen molar-refractivity contribution in [3.63, 3.8) is 0 Å². The lowest BCUT2D eigenvalue weighted by atomic mass is 10.0. The Morgan fingerprint density at radius 3 is 2.42 bits per heavy atom. The fourth-order valence-corrected chi connectivity index (χ4v) is 3.64. The minimum atomic E-state index is -0.984. The Morgan fingerprint density at radius 1 is 1.17 bits per heavy atom. The highest BCUT2D eigenvalue weighted by Gasteiger charge is 2.33. The van der Waals surface area contributed by atoms with Crippen molar-refractivity contribution in [2.24, 2.45) is 0 Å². The summed E-state index contributed by atoms with van der Waals surface area (Å²) in [6, 6.07) is 10.1. The Labute approximate surface area is 149 Å². The van der Waals surface area contributed by atoms with Crippen molar-refractivity contribution >= 4 is 35.1 Å². The van der Waals surface area contributed by atoms with Gasteiger partial charge in [-0.25, -0.2) is 4.79 Å². The molecule has 1 atom stereocenters. The molecule has 0 saturated heterocycles. The number of hydrogen-bond acceptors (Lipinski definition) is 2. The van der Waals surface area contributed by atoms with Crippen LogP contribution in [0.3, 0.4) is 0 Å². The molecular weight excluding hydrogens is 349 g/mol. The Hall–Kier alpha value is -2.04. The van der Waals surface area contributed by atoms with Crippen molar-refractivity contribution in [1.82, 2.24) is 4.90 Å². The van der Waals surface area contributed by atoms with Gasteiger partial charge in [0.1, 0.15) is 0 Å². The van der Waals surface area contributed by atoms with E-state index >= 15 is 0 Å². The molecule has 24 heavy (non-hydrogen) atoms. The number of rotatable bonds is 3. The van der Waals surface area contributed by atoms with Crippen molar-refractivity contribution in [3.05, 3.63) is 68.7 Å². The van der Waals surface area contributed by atoms with Crippen molar-refractivity contribution in [2.45, 2.75) is 25.9 Å². The number of nitrogens with zero attached hydrogens (tertiary/aromatic N) is 1. The molecule has 1 aliphatic heterocycles. The summed E-state index contributed by atoms with van der Waals surface area (Å²) in [5.74, 6) is -1.12. The molecule has 0 saturated carbocycles. The highest BCUT2D eigenvalue weighted by Crippen LogP contribution is 2.36. The van der Waals surface area contributed by atoms with Gasteiger partial charge >= 0.3 is 5.97 Å². The number of carbonyl (C=O) groups excluding carboxylic acids is 1. The van der Waals surface area contributed by atoms with Crippen LogP contribution in [0.5, 0.6) is 0 Å². The maximum Gasteiger partial charge on any atom is 0.336 e. The third-order valence-electron chi connectivity index (χ3n) is 4.40. The first-order valence-electron chi connectivity index (χ1n) is 7.47. The SMILES string of the molecule is CC1c2cccc(C(=O)O)c2CN1C(=O)Cc1c(Cl)cccc1Cl. The third kappa shape index (κ3) is 2.87. The number of hydrogen-bond donors (Lipinski definition) is 1. The number of carboxylic acid groups (broad SMARTS) is 1. The lowest BCUT2D eigenvalue weighted by Gasteiger charge is -2.22. The predicted octanol–water partition coefficient (Wildman–Crippen LogP) is 4.34. The van der Waals surface area contributed by atoms with E-state index in [0.717, 1.165) is 5.56 Å². The summed E-state index contributed by atoms with van der Waals surface area (Å²) < 4.78 is 0. The van der Waals surface area contributed by atoms with E-state index in [1.54, 1.807) is 35.2 Å². The van der Waals surface area contributed by atoms with Crippen molar-refractivity contribution < 1.29 is 14.7 Å². The molecule has 124 valence electrons. The van der Waals surface area contributed by atoms with E-state index in [0.29, 0.717) is 21.2 Å². The largest absolute Gasteiger partial charge is 0.478 e. The molecule has 0 radical (unpaired) electrons.